The fourth-order valence-electron chi connectivity index (χ4n) is 4.31. The first-order chi connectivity index (χ1) is 16.5. The number of carbonyl (C=O) groups is 3. The summed E-state index contributed by atoms with van der Waals surface area (Å²) in [6.45, 7) is 5.97. The van der Waals surface area contributed by atoms with E-state index in [2.05, 4.69) is 15.7 Å². The Balaban J connectivity index is 1.54. The van der Waals surface area contributed by atoms with Gasteiger partial charge in [-0.3, -0.25) is 19.1 Å². The maximum Gasteiger partial charge on any atom is 0.273 e. The highest BCUT2D eigenvalue weighted by Crippen LogP contribution is 2.28. The first-order valence-corrected chi connectivity index (χ1v) is 11.6. The van der Waals surface area contributed by atoms with Crippen LogP contribution in [-0.2, 0) is 16.1 Å². The van der Waals surface area contributed by atoms with Crippen molar-refractivity contribution in [2.24, 2.45) is 17.1 Å². The second-order valence-electron chi connectivity index (χ2n) is 10.2. The molecule has 1 saturated carbocycles. The number of nitrogens with two attached hydrogens (primary N) is 1. The topological polar surface area (TPSA) is 119 Å². The van der Waals surface area contributed by atoms with Crippen molar-refractivity contribution in [2.75, 3.05) is 0 Å². The number of para-hydroxylation sites is 1. The Bertz CT molecular complexity index is 1260. The number of nitrogens with zero attached hydrogens (tertiary/aromatic N) is 2. The SMILES string of the molecule is CC(C)(C)[C@H](NC(=O)c1nn(Cc2ccc(F)cc2)c2ccccc12)C(=O)NC1CC(C(N)=O)C1. The Morgan fingerprint density at radius 2 is 1.77 bits per heavy atom. The van der Waals surface area contributed by atoms with Crippen molar-refractivity contribution < 1.29 is 18.8 Å². The van der Waals surface area contributed by atoms with E-state index in [9.17, 15) is 18.8 Å². The van der Waals surface area contributed by atoms with Crippen LogP contribution in [0.15, 0.2) is 48.5 Å². The van der Waals surface area contributed by atoms with Gasteiger partial charge in [0.1, 0.15) is 11.9 Å². The highest BCUT2D eigenvalue weighted by molar-refractivity contribution is 6.06. The van der Waals surface area contributed by atoms with Gasteiger partial charge in [0, 0.05) is 17.3 Å². The van der Waals surface area contributed by atoms with Gasteiger partial charge in [-0.2, -0.15) is 5.10 Å². The molecule has 0 aliphatic heterocycles. The number of amides is 3. The number of fused-ring (bicyclic) bond motifs is 1. The lowest BCUT2D eigenvalue weighted by Gasteiger charge is -2.37. The fraction of sp³-hybridized carbons (Fsp3) is 0.385. The number of nitrogens with one attached hydrogen (secondary N) is 2. The zero-order chi connectivity index (χ0) is 25.3. The Hall–Kier alpha value is -3.75. The van der Waals surface area contributed by atoms with E-state index in [0.29, 0.717) is 24.8 Å². The zero-order valence-corrected chi connectivity index (χ0v) is 20.0. The van der Waals surface area contributed by atoms with Crippen LogP contribution in [0, 0.1) is 17.2 Å². The summed E-state index contributed by atoms with van der Waals surface area (Å²) in [6, 6.07) is 12.5. The molecule has 1 heterocycles. The van der Waals surface area contributed by atoms with Crippen molar-refractivity contribution in [1.82, 2.24) is 20.4 Å². The van der Waals surface area contributed by atoms with Gasteiger partial charge in [-0.05, 0) is 42.0 Å². The molecular formula is C26H30FN5O3. The molecule has 9 heteroatoms. The normalized spacial score (nSPS) is 18.5. The maximum absolute atomic E-state index is 13.4. The molecule has 8 nitrogen and oxygen atoms in total. The second-order valence-corrected chi connectivity index (χ2v) is 10.2. The van der Waals surface area contributed by atoms with E-state index >= 15 is 0 Å². The van der Waals surface area contributed by atoms with Gasteiger partial charge in [-0.15, -0.1) is 0 Å². The average Bonchev–Trinajstić information content (AvgIpc) is 3.13. The van der Waals surface area contributed by atoms with Gasteiger partial charge in [0.05, 0.1) is 12.1 Å². The first kappa shape index (κ1) is 24.4. The molecule has 0 unspecified atom stereocenters. The number of aromatic nitrogens is 2. The minimum Gasteiger partial charge on any atom is -0.369 e. The number of halogens is 1. The summed E-state index contributed by atoms with van der Waals surface area (Å²) in [5, 5.41) is 11.0. The Labute approximate surface area is 203 Å². The van der Waals surface area contributed by atoms with Crippen LogP contribution in [-0.4, -0.2) is 39.6 Å². The molecule has 4 rings (SSSR count). The number of benzene rings is 2. The van der Waals surface area contributed by atoms with E-state index in [-0.39, 0.29) is 35.3 Å². The smallest absolute Gasteiger partial charge is 0.273 e. The molecule has 3 aromatic rings. The molecule has 1 fully saturated rings. The summed E-state index contributed by atoms with van der Waals surface area (Å²) < 4.78 is 15.0. The molecule has 0 spiro atoms. The van der Waals surface area contributed by atoms with Gasteiger partial charge < -0.3 is 16.4 Å². The number of hydrogen-bond acceptors (Lipinski definition) is 4. The van der Waals surface area contributed by atoms with E-state index in [1.165, 1.54) is 12.1 Å². The third kappa shape index (κ3) is 5.34. The second kappa shape index (κ2) is 9.48. The van der Waals surface area contributed by atoms with Crippen LogP contribution in [0.1, 0.15) is 49.7 Å². The molecule has 1 atom stereocenters. The number of primary amides is 1. The standard InChI is InChI=1S/C26H30FN5O3/c1-26(2,3)22(25(35)29-18-12-16(13-18)23(28)33)30-24(34)21-19-6-4-5-7-20(19)32(31-21)14-15-8-10-17(27)11-9-15/h4-11,16,18,22H,12-14H2,1-3H3,(H2,28,33)(H,29,35)(H,30,34)/t16?,18?,22-/m1/s1. The number of hydrogen-bond donors (Lipinski definition) is 3. The van der Waals surface area contributed by atoms with Crippen molar-refractivity contribution in [3.63, 3.8) is 0 Å². The van der Waals surface area contributed by atoms with Crippen LogP contribution in [0.4, 0.5) is 4.39 Å². The first-order valence-electron chi connectivity index (χ1n) is 11.6. The molecule has 35 heavy (non-hydrogen) atoms. The molecule has 1 aliphatic rings. The van der Waals surface area contributed by atoms with E-state index in [4.69, 9.17) is 5.73 Å². The minimum absolute atomic E-state index is 0.141. The molecule has 0 radical (unpaired) electrons. The Morgan fingerprint density at radius 1 is 1.11 bits per heavy atom. The predicted molar refractivity (Wildman–Crippen MR) is 130 cm³/mol. The van der Waals surface area contributed by atoms with Gasteiger partial charge in [0.25, 0.3) is 5.91 Å². The fourth-order valence-corrected chi connectivity index (χ4v) is 4.31. The van der Waals surface area contributed by atoms with Gasteiger partial charge in [-0.25, -0.2) is 4.39 Å². The van der Waals surface area contributed by atoms with E-state index < -0.39 is 17.4 Å². The molecule has 2 aromatic carbocycles. The van der Waals surface area contributed by atoms with Crippen LogP contribution >= 0.6 is 0 Å². The molecule has 1 aliphatic carbocycles. The van der Waals surface area contributed by atoms with Gasteiger partial charge in [-0.1, -0.05) is 51.1 Å². The minimum atomic E-state index is -0.816. The van der Waals surface area contributed by atoms with E-state index in [1.807, 2.05) is 45.0 Å². The van der Waals surface area contributed by atoms with Gasteiger partial charge in [0.15, 0.2) is 5.69 Å². The van der Waals surface area contributed by atoms with E-state index in [1.54, 1.807) is 16.8 Å². The Kier molecular flexibility index (Phi) is 6.60. The lowest BCUT2D eigenvalue weighted by Crippen LogP contribution is -2.58. The van der Waals surface area contributed by atoms with E-state index in [0.717, 1.165) is 11.1 Å². The van der Waals surface area contributed by atoms with Gasteiger partial charge >= 0.3 is 0 Å². The van der Waals surface area contributed by atoms with Crippen LogP contribution in [0.5, 0.6) is 0 Å². The summed E-state index contributed by atoms with van der Waals surface area (Å²) >= 11 is 0. The monoisotopic (exact) mass is 479 g/mol. The largest absolute Gasteiger partial charge is 0.369 e. The van der Waals surface area contributed by atoms with Crippen molar-refractivity contribution in [3.05, 3.63) is 65.6 Å². The lowest BCUT2D eigenvalue weighted by molar-refractivity contribution is -0.130. The summed E-state index contributed by atoms with van der Waals surface area (Å²) in [5.74, 6) is -1.68. The molecule has 4 N–H and O–H groups in total. The van der Waals surface area contributed by atoms with Crippen LogP contribution in [0.2, 0.25) is 0 Å². The summed E-state index contributed by atoms with van der Waals surface area (Å²) in [7, 11) is 0. The molecule has 184 valence electrons. The number of rotatable bonds is 7. The van der Waals surface area contributed by atoms with Crippen LogP contribution in [0.3, 0.4) is 0 Å². The summed E-state index contributed by atoms with van der Waals surface area (Å²) in [6.07, 6.45) is 1.01. The quantitative estimate of drug-likeness (QED) is 0.483. The van der Waals surface area contributed by atoms with Crippen LogP contribution in [0.25, 0.3) is 10.9 Å². The van der Waals surface area contributed by atoms with Crippen molar-refractivity contribution in [2.45, 2.75) is 52.2 Å². The predicted octanol–water partition coefficient (Wildman–Crippen LogP) is 2.75. The zero-order valence-electron chi connectivity index (χ0n) is 20.0. The van der Waals surface area contributed by atoms with Crippen molar-refractivity contribution in [1.29, 1.82) is 0 Å². The average molecular weight is 480 g/mol. The molecule has 0 bridgehead atoms. The molecule has 3 amide bonds. The van der Waals surface area contributed by atoms with Crippen molar-refractivity contribution in [3.8, 4) is 0 Å². The van der Waals surface area contributed by atoms with Crippen LogP contribution < -0.4 is 16.4 Å². The highest BCUT2D eigenvalue weighted by Gasteiger charge is 2.39. The number of carbonyl (C=O) groups excluding carboxylic acids is 3. The lowest BCUT2D eigenvalue weighted by atomic mass is 9.79. The summed E-state index contributed by atoms with van der Waals surface area (Å²) in [4.78, 5) is 37.7. The van der Waals surface area contributed by atoms with Gasteiger partial charge in [0.2, 0.25) is 11.8 Å². The summed E-state index contributed by atoms with van der Waals surface area (Å²) in [5.41, 5.74) is 6.55. The maximum atomic E-state index is 13.4. The third-order valence-electron chi connectivity index (χ3n) is 6.41. The third-order valence-corrected chi connectivity index (χ3v) is 6.41. The highest BCUT2D eigenvalue weighted by atomic mass is 19.1. The molecule has 0 saturated heterocycles. The molecule has 1 aromatic heterocycles. The van der Waals surface area contributed by atoms with Crippen molar-refractivity contribution >= 4 is 28.6 Å². The Morgan fingerprint density at radius 3 is 2.40 bits per heavy atom. The molecular weight excluding hydrogens is 449 g/mol.